The molecular weight excluding hydrogens is 427 g/mol. The smallest absolute Gasteiger partial charge is 0.176 e. The second-order valence-electron chi connectivity index (χ2n) is 4.68. The molecule has 0 aliphatic rings. The van der Waals surface area contributed by atoms with Crippen molar-refractivity contribution in [1.82, 2.24) is 4.98 Å². The number of pyridine rings is 2. The molecule has 0 aliphatic heterocycles. The van der Waals surface area contributed by atoms with E-state index in [-0.39, 0.29) is 17.0 Å². The Kier molecular flexibility index (Phi) is 5.10. The number of rotatable bonds is 2. The van der Waals surface area contributed by atoms with Crippen LogP contribution in [0.3, 0.4) is 0 Å². The van der Waals surface area contributed by atoms with Crippen molar-refractivity contribution < 1.29 is 21.5 Å². The van der Waals surface area contributed by atoms with Gasteiger partial charge in [0, 0.05) is 23.1 Å². The maximum Gasteiger partial charge on any atom is 0.176 e. The average Bonchev–Trinajstić information content (AvgIpc) is 2.42. The van der Waals surface area contributed by atoms with E-state index >= 15 is 0 Å². The minimum Gasteiger partial charge on any atom is -1.00 e. The number of fused-ring (bicyclic) bond motifs is 1. The molecule has 0 N–H and O–H groups in total. The van der Waals surface area contributed by atoms with Gasteiger partial charge in [0.25, 0.3) is 0 Å². The summed E-state index contributed by atoms with van der Waals surface area (Å²) in [5, 5.41) is 1.20. The maximum atomic E-state index is 4.66. The van der Waals surface area contributed by atoms with Crippen molar-refractivity contribution in [3.05, 3.63) is 69.7 Å². The molecule has 3 rings (SSSR count). The summed E-state index contributed by atoms with van der Waals surface area (Å²) < 4.78 is 3.25. The van der Waals surface area contributed by atoms with Gasteiger partial charge in [-0.15, -0.1) is 0 Å². The van der Waals surface area contributed by atoms with Crippen LogP contribution in [0.1, 0.15) is 11.1 Å². The Hall–Kier alpha value is -1.01. The molecule has 2 nitrogen and oxygen atoms in total. The van der Waals surface area contributed by atoms with Crippen LogP contribution in [-0.4, -0.2) is 4.98 Å². The summed E-state index contributed by atoms with van der Waals surface area (Å²) in [5.41, 5.74) is 3.60. The topological polar surface area (TPSA) is 16.8 Å². The molecule has 0 saturated carbocycles. The van der Waals surface area contributed by atoms with E-state index in [1.807, 2.05) is 6.07 Å². The Morgan fingerprint density at radius 3 is 2.55 bits per heavy atom. The quantitative estimate of drug-likeness (QED) is 0.322. The molecule has 0 saturated heterocycles. The molecule has 3 aromatic rings. The van der Waals surface area contributed by atoms with Crippen LogP contribution >= 0.6 is 22.6 Å². The first-order valence-corrected chi connectivity index (χ1v) is 7.30. The highest BCUT2D eigenvalue weighted by atomic mass is 127. The average molecular weight is 441 g/mol. The number of benzene rings is 1. The number of para-hydroxylation sites is 1. The van der Waals surface area contributed by atoms with Crippen molar-refractivity contribution in [2.75, 3.05) is 0 Å². The standard InChI is InChI=1S/C16H14IN2.BrH/c1-12-6-8-19(9-7-12)11-14-10-13-4-2-3-5-15(13)18-16(14)17;/h2-10H,11H2,1H3;1H/q+1;/p-1. The molecule has 20 heavy (non-hydrogen) atoms. The van der Waals surface area contributed by atoms with Gasteiger partial charge in [-0.3, -0.25) is 0 Å². The first kappa shape index (κ1) is 15.4. The molecular formula is C16H14BrIN2. The third kappa shape index (κ3) is 3.35. The lowest BCUT2D eigenvalue weighted by Gasteiger charge is -2.04. The van der Waals surface area contributed by atoms with E-state index in [1.165, 1.54) is 16.5 Å². The summed E-state index contributed by atoms with van der Waals surface area (Å²) in [6, 6.07) is 14.7. The highest BCUT2D eigenvalue weighted by Gasteiger charge is 2.09. The predicted octanol–water partition coefficient (Wildman–Crippen LogP) is 0.488. The second kappa shape index (κ2) is 6.63. The Labute approximate surface area is 142 Å². The first-order valence-electron chi connectivity index (χ1n) is 6.22. The molecule has 0 atom stereocenters. The molecule has 0 fully saturated rings. The van der Waals surface area contributed by atoms with Crippen molar-refractivity contribution in [3.63, 3.8) is 0 Å². The maximum absolute atomic E-state index is 4.66. The zero-order valence-electron chi connectivity index (χ0n) is 11.1. The van der Waals surface area contributed by atoms with Crippen molar-refractivity contribution in [2.24, 2.45) is 0 Å². The Morgan fingerprint density at radius 1 is 1.10 bits per heavy atom. The van der Waals surface area contributed by atoms with Gasteiger partial charge in [-0.1, -0.05) is 18.2 Å². The highest BCUT2D eigenvalue weighted by molar-refractivity contribution is 14.1. The van der Waals surface area contributed by atoms with E-state index in [2.05, 4.69) is 87.9 Å². The van der Waals surface area contributed by atoms with Crippen LogP contribution in [0, 0.1) is 10.6 Å². The fourth-order valence-corrected chi connectivity index (χ4v) is 2.67. The highest BCUT2D eigenvalue weighted by Crippen LogP contribution is 2.17. The molecule has 0 amide bonds. The molecule has 2 aromatic heterocycles. The van der Waals surface area contributed by atoms with E-state index < -0.39 is 0 Å². The summed E-state index contributed by atoms with van der Waals surface area (Å²) in [4.78, 5) is 4.66. The summed E-state index contributed by atoms with van der Waals surface area (Å²) in [7, 11) is 0. The number of hydrogen-bond acceptors (Lipinski definition) is 1. The number of halogens is 2. The molecule has 2 heterocycles. The van der Waals surface area contributed by atoms with Crippen LogP contribution in [0.25, 0.3) is 10.9 Å². The van der Waals surface area contributed by atoms with E-state index in [4.69, 9.17) is 0 Å². The largest absolute Gasteiger partial charge is 1.00 e. The molecule has 0 radical (unpaired) electrons. The monoisotopic (exact) mass is 440 g/mol. The summed E-state index contributed by atoms with van der Waals surface area (Å²) in [6.07, 6.45) is 4.22. The number of nitrogens with zero attached hydrogens (tertiary/aromatic N) is 2. The van der Waals surface area contributed by atoms with Crippen LogP contribution in [-0.2, 0) is 6.54 Å². The van der Waals surface area contributed by atoms with Crippen LogP contribution in [0.4, 0.5) is 0 Å². The van der Waals surface area contributed by atoms with Crippen LogP contribution in [0.5, 0.6) is 0 Å². The molecule has 0 bridgehead atoms. The molecule has 1 aromatic carbocycles. The minimum atomic E-state index is 0. The number of aromatic nitrogens is 2. The Balaban J connectivity index is 0.00000147. The minimum absolute atomic E-state index is 0. The van der Waals surface area contributed by atoms with E-state index in [1.54, 1.807) is 0 Å². The second-order valence-corrected chi connectivity index (χ2v) is 5.70. The van der Waals surface area contributed by atoms with Gasteiger partial charge in [-0.25, -0.2) is 9.55 Å². The van der Waals surface area contributed by atoms with Gasteiger partial charge in [0.05, 0.1) is 5.52 Å². The van der Waals surface area contributed by atoms with Crippen LogP contribution < -0.4 is 21.5 Å². The molecule has 0 aliphatic carbocycles. The fraction of sp³-hybridized carbons (Fsp3) is 0.125. The lowest BCUT2D eigenvalue weighted by molar-refractivity contribution is -0.688. The summed E-state index contributed by atoms with van der Waals surface area (Å²) in [6.45, 7) is 2.96. The third-order valence-corrected chi connectivity index (χ3v) is 4.09. The van der Waals surface area contributed by atoms with Crippen molar-refractivity contribution in [2.45, 2.75) is 13.5 Å². The van der Waals surface area contributed by atoms with Crippen molar-refractivity contribution in [3.8, 4) is 0 Å². The zero-order chi connectivity index (χ0) is 13.2. The number of hydrogen-bond donors (Lipinski definition) is 0. The first-order chi connectivity index (χ1) is 9.22. The van der Waals surface area contributed by atoms with Gasteiger partial charge in [0.15, 0.2) is 18.9 Å². The van der Waals surface area contributed by atoms with Crippen LogP contribution in [0.2, 0.25) is 0 Å². The number of aryl methyl sites for hydroxylation is 1. The van der Waals surface area contributed by atoms with E-state index in [0.29, 0.717) is 0 Å². The molecule has 0 unspecified atom stereocenters. The lowest BCUT2D eigenvalue weighted by Crippen LogP contribution is -3.00. The van der Waals surface area contributed by atoms with Gasteiger partial charge in [0.1, 0.15) is 3.70 Å². The van der Waals surface area contributed by atoms with Crippen LogP contribution in [0.15, 0.2) is 54.9 Å². The predicted molar refractivity (Wildman–Crippen MR) is 84.9 cm³/mol. The van der Waals surface area contributed by atoms with Gasteiger partial charge in [-0.2, -0.15) is 0 Å². The van der Waals surface area contributed by atoms with Gasteiger partial charge in [0.2, 0.25) is 0 Å². The van der Waals surface area contributed by atoms with E-state index in [9.17, 15) is 0 Å². The SMILES string of the molecule is Cc1cc[n+](Cc2cc3ccccc3nc2I)cc1.[Br-]. The van der Waals surface area contributed by atoms with Gasteiger partial charge < -0.3 is 17.0 Å². The van der Waals surface area contributed by atoms with Gasteiger partial charge in [-0.05, 0) is 47.2 Å². The van der Waals surface area contributed by atoms with Crippen molar-refractivity contribution in [1.29, 1.82) is 0 Å². The summed E-state index contributed by atoms with van der Waals surface area (Å²) in [5.74, 6) is 0. The molecule has 4 heteroatoms. The molecule has 102 valence electrons. The normalized spacial score (nSPS) is 10.3. The Morgan fingerprint density at radius 2 is 1.80 bits per heavy atom. The third-order valence-electron chi connectivity index (χ3n) is 3.16. The molecule has 0 spiro atoms. The van der Waals surface area contributed by atoms with E-state index in [0.717, 1.165) is 15.8 Å². The fourth-order valence-electron chi connectivity index (χ4n) is 2.08. The Bertz CT molecular complexity index is 726. The lowest BCUT2D eigenvalue weighted by atomic mass is 10.1. The summed E-state index contributed by atoms with van der Waals surface area (Å²) >= 11 is 2.32. The zero-order valence-corrected chi connectivity index (χ0v) is 14.8. The van der Waals surface area contributed by atoms with Gasteiger partial charge >= 0.3 is 0 Å². The van der Waals surface area contributed by atoms with Crippen molar-refractivity contribution >= 4 is 33.5 Å².